The molecule has 3 aromatic heterocycles. The number of amides is 1. The number of alkyl halides is 6. The first-order valence-corrected chi connectivity index (χ1v) is 12.3. The number of hydrogen-bond acceptors (Lipinski definition) is 6. The van der Waals surface area contributed by atoms with Crippen molar-refractivity contribution >= 4 is 34.4 Å². The topological polar surface area (TPSA) is 110 Å². The molecule has 0 atom stereocenters. The highest BCUT2D eigenvalue weighted by Crippen LogP contribution is 2.32. The molecular formula is C27H23F6N5O4. The molecule has 1 aliphatic rings. The van der Waals surface area contributed by atoms with Gasteiger partial charge in [-0.25, -0.2) is 14.8 Å². The Morgan fingerprint density at radius 1 is 1.00 bits per heavy atom. The van der Waals surface area contributed by atoms with E-state index in [1.54, 1.807) is 42.1 Å². The number of rotatable bonds is 6. The Balaban J connectivity index is 0.000000517. The average Bonchev–Trinajstić information content (AvgIpc) is 3.26. The van der Waals surface area contributed by atoms with Crippen molar-refractivity contribution in [2.45, 2.75) is 25.3 Å². The van der Waals surface area contributed by atoms with E-state index in [9.17, 15) is 31.1 Å². The molecule has 0 radical (unpaired) electrons. The lowest BCUT2D eigenvalue weighted by molar-refractivity contribution is -0.192. The molecule has 0 spiro atoms. The van der Waals surface area contributed by atoms with E-state index >= 15 is 0 Å². The third-order valence-corrected chi connectivity index (χ3v) is 6.20. The van der Waals surface area contributed by atoms with Gasteiger partial charge in [-0.15, -0.1) is 0 Å². The number of nitrogens with zero attached hydrogens (tertiary/aromatic N) is 4. The Bertz CT molecular complexity index is 1580. The number of carbonyl (C=O) groups is 2. The molecule has 0 unspecified atom stereocenters. The molecule has 222 valence electrons. The Morgan fingerprint density at radius 2 is 1.71 bits per heavy atom. The lowest BCUT2D eigenvalue weighted by Gasteiger charge is -2.31. The first kappa shape index (κ1) is 30.1. The Morgan fingerprint density at radius 3 is 2.26 bits per heavy atom. The van der Waals surface area contributed by atoms with Crippen LogP contribution in [0.2, 0.25) is 0 Å². The van der Waals surface area contributed by atoms with E-state index in [0.29, 0.717) is 11.4 Å². The highest BCUT2D eigenvalue weighted by Gasteiger charge is 2.38. The van der Waals surface area contributed by atoms with Crippen LogP contribution >= 0.6 is 0 Å². The number of carbonyl (C=O) groups excluding carboxylic acids is 1. The molecule has 0 bridgehead atoms. The Labute approximate surface area is 234 Å². The summed E-state index contributed by atoms with van der Waals surface area (Å²) in [7, 11) is 1.55. The minimum atomic E-state index is -5.08. The van der Waals surface area contributed by atoms with Gasteiger partial charge in [0.05, 0.1) is 24.6 Å². The van der Waals surface area contributed by atoms with Gasteiger partial charge in [0.1, 0.15) is 22.9 Å². The van der Waals surface area contributed by atoms with Crippen LogP contribution in [0.5, 0.6) is 5.75 Å². The fourth-order valence-electron chi connectivity index (χ4n) is 3.99. The highest BCUT2D eigenvalue weighted by molar-refractivity contribution is 6.06. The van der Waals surface area contributed by atoms with Gasteiger partial charge in [-0.05, 0) is 48.4 Å². The molecule has 1 fully saturated rings. The van der Waals surface area contributed by atoms with Gasteiger partial charge >= 0.3 is 18.3 Å². The zero-order valence-corrected chi connectivity index (χ0v) is 21.8. The number of nitrogens with one attached hydrogen (secondary N) is 1. The number of aromatic nitrogens is 3. The molecule has 5 rings (SSSR count). The number of methoxy groups -OCH3 is 1. The number of carboxylic acids is 1. The number of benzene rings is 1. The largest absolute Gasteiger partial charge is 0.497 e. The molecule has 42 heavy (non-hydrogen) atoms. The second-order valence-corrected chi connectivity index (χ2v) is 9.10. The molecule has 1 saturated heterocycles. The SMILES string of the molecule is COc1cccc(Cn2c(C(=O)Nc3ccc(N4CCC4)nc3)cc3cc(C(F)(F)F)cnc32)c1.O=C(O)C(F)(F)F. The van der Waals surface area contributed by atoms with Gasteiger partial charge in [0, 0.05) is 31.2 Å². The van der Waals surface area contributed by atoms with Crippen LogP contribution in [0.25, 0.3) is 11.0 Å². The Kier molecular flexibility index (Phi) is 8.59. The van der Waals surface area contributed by atoms with Gasteiger partial charge in [0.2, 0.25) is 0 Å². The minimum Gasteiger partial charge on any atom is -0.497 e. The zero-order valence-electron chi connectivity index (χ0n) is 21.8. The fourth-order valence-corrected chi connectivity index (χ4v) is 3.99. The van der Waals surface area contributed by atoms with E-state index in [2.05, 4.69) is 20.2 Å². The van der Waals surface area contributed by atoms with Crippen molar-refractivity contribution in [2.75, 3.05) is 30.4 Å². The smallest absolute Gasteiger partial charge is 0.490 e. The summed E-state index contributed by atoms with van der Waals surface area (Å²) in [5.74, 6) is -1.76. The number of halogens is 6. The minimum absolute atomic E-state index is 0.182. The summed E-state index contributed by atoms with van der Waals surface area (Å²) in [5, 5.41) is 10.1. The molecule has 1 aliphatic heterocycles. The van der Waals surface area contributed by atoms with Gasteiger partial charge in [-0.1, -0.05) is 12.1 Å². The third-order valence-electron chi connectivity index (χ3n) is 6.20. The second kappa shape index (κ2) is 12.0. The number of pyridine rings is 2. The summed E-state index contributed by atoms with van der Waals surface area (Å²) in [6.07, 6.45) is -6.14. The van der Waals surface area contributed by atoms with Crippen LogP contribution in [0.15, 0.2) is 60.9 Å². The molecule has 9 nitrogen and oxygen atoms in total. The standard InChI is InChI=1S/C25H22F3N5O2.C2HF3O2/c1-35-20-5-2-4-16(10-20)15-33-21(12-17-11-18(25(26,27)28)13-30-23(17)33)24(34)31-19-6-7-22(29-14-19)32-8-3-9-32;3-2(4,5)1(6)7/h2,4-7,10-14H,3,8-9,15H2,1H3,(H,31,34);(H,6,7). The number of ether oxygens (including phenoxy) is 1. The van der Waals surface area contributed by atoms with Crippen molar-refractivity contribution in [1.29, 1.82) is 0 Å². The second-order valence-electron chi connectivity index (χ2n) is 9.10. The maximum atomic E-state index is 13.3. The van der Waals surface area contributed by atoms with Gasteiger partial charge in [-0.2, -0.15) is 26.3 Å². The Hall–Kier alpha value is -4.82. The van der Waals surface area contributed by atoms with Crippen molar-refractivity contribution in [3.8, 4) is 5.75 Å². The molecular weight excluding hydrogens is 572 g/mol. The maximum Gasteiger partial charge on any atom is 0.490 e. The highest BCUT2D eigenvalue weighted by atomic mass is 19.4. The summed E-state index contributed by atoms with van der Waals surface area (Å²) in [5.41, 5.74) is 0.875. The monoisotopic (exact) mass is 595 g/mol. The van der Waals surface area contributed by atoms with E-state index in [0.717, 1.165) is 43.2 Å². The van der Waals surface area contributed by atoms with Crippen LogP contribution in [0.4, 0.5) is 37.8 Å². The van der Waals surface area contributed by atoms with E-state index in [-0.39, 0.29) is 23.3 Å². The predicted molar refractivity (Wildman–Crippen MR) is 140 cm³/mol. The van der Waals surface area contributed by atoms with Crippen molar-refractivity contribution in [3.63, 3.8) is 0 Å². The van der Waals surface area contributed by atoms with Crippen LogP contribution < -0.4 is 15.0 Å². The molecule has 2 N–H and O–H groups in total. The van der Waals surface area contributed by atoms with Crippen molar-refractivity contribution in [3.05, 3.63) is 77.7 Å². The number of fused-ring (bicyclic) bond motifs is 1. The lowest BCUT2D eigenvalue weighted by Crippen LogP contribution is -2.37. The molecule has 4 heterocycles. The quantitative estimate of drug-likeness (QED) is 0.279. The first-order chi connectivity index (χ1) is 19.8. The third kappa shape index (κ3) is 7.08. The van der Waals surface area contributed by atoms with Crippen LogP contribution in [0, 0.1) is 0 Å². The summed E-state index contributed by atoms with van der Waals surface area (Å²) < 4.78 is 78.4. The van der Waals surface area contributed by atoms with Crippen molar-refractivity contribution < 1.29 is 45.8 Å². The van der Waals surface area contributed by atoms with Gasteiger partial charge < -0.3 is 24.6 Å². The van der Waals surface area contributed by atoms with Crippen LogP contribution in [-0.4, -0.2) is 57.9 Å². The fraction of sp³-hybridized carbons (Fsp3) is 0.259. The zero-order chi connectivity index (χ0) is 30.7. The van der Waals surface area contributed by atoms with E-state index < -0.39 is 29.8 Å². The summed E-state index contributed by atoms with van der Waals surface area (Å²) in [6, 6.07) is 13.3. The number of hydrogen-bond donors (Lipinski definition) is 2. The molecule has 1 amide bonds. The van der Waals surface area contributed by atoms with Gasteiger partial charge in [0.25, 0.3) is 5.91 Å². The summed E-state index contributed by atoms with van der Waals surface area (Å²) in [6.45, 7) is 2.12. The molecule has 1 aromatic carbocycles. The summed E-state index contributed by atoms with van der Waals surface area (Å²) >= 11 is 0. The molecule has 15 heteroatoms. The van der Waals surface area contributed by atoms with Gasteiger partial charge in [-0.3, -0.25) is 4.79 Å². The molecule has 4 aromatic rings. The van der Waals surface area contributed by atoms with Crippen molar-refractivity contribution in [2.24, 2.45) is 0 Å². The predicted octanol–water partition coefficient (Wildman–Crippen LogP) is 5.60. The van der Waals surface area contributed by atoms with E-state index in [4.69, 9.17) is 14.6 Å². The van der Waals surface area contributed by atoms with Crippen molar-refractivity contribution in [1.82, 2.24) is 14.5 Å². The molecule has 0 saturated carbocycles. The first-order valence-electron chi connectivity index (χ1n) is 12.3. The lowest BCUT2D eigenvalue weighted by atomic mass is 10.2. The number of anilines is 2. The molecule has 0 aliphatic carbocycles. The van der Waals surface area contributed by atoms with E-state index in [1.165, 1.54) is 6.07 Å². The number of carboxylic acid groups (broad SMARTS) is 1. The van der Waals surface area contributed by atoms with Crippen LogP contribution in [0.1, 0.15) is 28.0 Å². The summed E-state index contributed by atoms with van der Waals surface area (Å²) in [4.78, 5) is 32.7. The maximum absolute atomic E-state index is 13.3. The number of aliphatic carboxylic acids is 1. The van der Waals surface area contributed by atoms with Crippen LogP contribution in [0.3, 0.4) is 0 Å². The van der Waals surface area contributed by atoms with Gasteiger partial charge in [0.15, 0.2) is 0 Å². The normalized spacial score (nSPS) is 13.2. The van der Waals surface area contributed by atoms with E-state index in [1.807, 2.05) is 12.1 Å². The average molecular weight is 596 g/mol. The van der Waals surface area contributed by atoms with Crippen LogP contribution in [-0.2, 0) is 17.5 Å².